The van der Waals surface area contributed by atoms with Gasteiger partial charge < -0.3 is 4.90 Å². The van der Waals surface area contributed by atoms with Gasteiger partial charge in [0, 0.05) is 55.0 Å². The molecule has 2 aliphatic heterocycles. The van der Waals surface area contributed by atoms with Crippen LogP contribution in [0.25, 0.3) is 0 Å². The molecule has 0 aliphatic carbocycles. The molecule has 5 heteroatoms. The second-order valence-electron chi connectivity index (χ2n) is 5.77. The van der Waals surface area contributed by atoms with Gasteiger partial charge in [-0.25, -0.2) is 9.97 Å². The molecule has 0 aromatic carbocycles. The number of anilines is 1. The summed E-state index contributed by atoms with van der Waals surface area (Å²) < 4.78 is 0. The Morgan fingerprint density at radius 2 is 1.75 bits per heavy atom. The van der Waals surface area contributed by atoms with Crippen molar-refractivity contribution in [2.24, 2.45) is 0 Å². The first kappa shape index (κ1) is 14.1. The van der Waals surface area contributed by atoms with Crippen LogP contribution in [0, 0.1) is 13.8 Å². The molecule has 2 fully saturated rings. The Hall–Kier alpha value is -0.810. The molecule has 0 amide bonds. The van der Waals surface area contributed by atoms with E-state index in [-0.39, 0.29) is 0 Å². The molecule has 0 bridgehead atoms. The van der Waals surface area contributed by atoms with Crippen LogP contribution >= 0.6 is 11.8 Å². The minimum absolute atomic E-state index is 0.787. The first-order valence-corrected chi connectivity index (χ1v) is 8.76. The van der Waals surface area contributed by atoms with E-state index in [0.29, 0.717) is 0 Å². The van der Waals surface area contributed by atoms with Crippen molar-refractivity contribution in [3.8, 4) is 0 Å². The number of thioether (sulfide) groups is 1. The van der Waals surface area contributed by atoms with Crippen LogP contribution in [-0.4, -0.2) is 58.6 Å². The molecule has 0 radical (unpaired) electrons. The van der Waals surface area contributed by atoms with Crippen LogP contribution in [0.1, 0.15) is 24.1 Å². The van der Waals surface area contributed by atoms with Crippen molar-refractivity contribution in [3.05, 3.63) is 17.6 Å². The zero-order valence-corrected chi connectivity index (χ0v) is 13.3. The molecule has 0 spiro atoms. The number of aryl methyl sites for hydroxylation is 1. The summed E-state index contributed by atoms with van der Waals surface area (Å²) >= 11 is 2.09. The highest BCUT2D eigenvalue weighted by Crippen LogP contribution is 2.25. The third-order valence-corrected chi connectivity index (χ3v) is 5.58. The van der Waals surface area contributed by atoms with E-state index in [1.807, 2.05) is 0 Å². The summed E-state index contributed by atoms with van der Waals surface area (Å²) in [5, 5.41) is 0. The molecule has 110 valence electrons. The normalized spacial score (nSPS) is 22.2. The van der Waals surface area contributed by atoms with E-state index in [4.69, 9.17) is 0 Å². The van der Waals surface area contributed by atoms with Crippen LogP contribution in [0.15, 0.2) is 6.33 Å². The van der Waals surface area contributed by atoms with E-state index in [0.717, 1.165) is 30.6 Å². The fraction of sp³-hybridized carbons (Fsp3) is 0.733. The van der Waals surface area contributed by atoms with Gasteiger partial charge in [0.2, 0.25) is 0 Å². The van der Waals surface area contributed by atoms with E-state index >= 15 is 0 Å². The molecule has 20 heavy (non-hydrogen) atoms. The topological polar surface area (TPSA) is 32.3 Å². The third-order valence-electron chi connectivity index (χ3n) is 4.64. The lowest BCUT2D eigenvalue weighted by atomic mass is 10.0. The van der Waals surface area contributed by atoms with Crippen LogP contribution in [0.4, 0.5) is 5.82 Å². The monoisotopic (exact) mass is 292 g/mol. The molecular weight excluding hydrogens is 268 g/mol. The second kappa shape index (κ2) is 6.31. The number of hydrogen-bond acceptors (Lipinski definition) is 5. The number of hydrogen-bond donors (Lipinski definition) is 0. The third kappa shape index (κ3) is 2.93. The Labute approximate surface area is 126 Å². The molecule has 2 saturated heterocycles. The molecule has 3 rings (SSSR count). The van der Waals surface area contributed by atoms with Gasteiger partial charge in [-0.2, -0.15) is 11.8 Å². The van der Waals surface area contributed by atoms with Gasteiger partial charge in [0.25, 0.3) is 0 Å². The van der Waals surface area contributed by atoms with Crippen molar-refractivity contribution in [3.63, 3.8) is 0 Å². The van der Waals surface area contributed by atoms with E-state index in [1.54, 1.807) is 6.33 Å². The highest BCUT2D eigenvalue weighted by atomic mass is 32.2. The van der Waals surface area contributed by atoms with E-state index < -0.39 is 0 Å². The summed E-state index contributed by atoms with van der Waals surface area (Å²) in [4.78, 5) is 13.9. The molecule has 0 N–H and O–H groups in total. The quantitative estimate of drug-likeness (QED) is 0.833. The lowest BCUT2D eigenvalue weighted by molar-refractivity contribution is 0.185. The summed E-state index contributed by atoms with van der Waals surface area (Å²) in [6.45, 7) is 9.02. The van der Waals surface area contributed by atoms with Crippen molar-refractivity contribution in [2.45, 2.75) is 32.7 Å². The van der Waals surface area contributed by atoms with Crippen LogP contribution in [0.3, 0.4) is 0 Å². The minimum Gasteiger partial charge on any atom is -0.356 e. The van der Waals surface area contributed by atoms with Crippen LogP contribution < -0.4 is 4.90 Å². The summed E-state index contributed by atoms with van der Waals surface area (Å²) in [5.74, 6) is 3.76. The summed E-state index contributed by atoms with van der Waals surface area (Å²) in [6.07, 6.45) is 4.24. The van der Waals surface area contributed by atoms with Gasteiger partial charge in [0.15, 0.2) is 0 Å². The number of nitrogens with zero attached hydrogens (tertiary/aromatic N) is 4. The van der Waals surface area contributed by atoms with Gasteiger partial charge >= 0.3 is 0 Å². The SMILES string of the molecule is Cc1ncnc(N2CCC(N3CCSCC3)CC2)c1C. The summed E-state index contributed by atoms with van der Waals surface area (Å²) in [6, 6.07) is 0.787. The summed E-state index contributed by atoms with van der Waals surface area (Å²) in [7, 11) is 0. The summed E-state index contributed by atoms with van der Waals surface area (Å²) in [5.41, 5.74) is 2.34. The largest absolute Gasteiger partial charge is 0.356 e. The highest BCUT2D eigenvalue weighted by Gasteiger charge is 2.26. The zero-order chi connectivity index (χ0) is 13.9. The zero-order valence-electron chi connectivity index (χ0n) is 12.5. The molecule has 1 aromatic heterocycles. The van der Waals surface area contributed by atoms with Gasteiger partial charge in [-0.05, 0) is 26.7 Å². The molecule has 4 nitrogen and oxygen atoms in total. The van der Waals surface area contributed by atoms with Gasteiger partial charge in [0.05, 0.1) is 0 Å². The van der Waals surface area contributed by atoms with Crippen LogP contribution in [0.5, 0.6) is 0 Å². The molecule has 1 aromatic rings. The Morgan fingerprint density at radius 3 is 2.45 bits per heavy atom. The first-order valence-electron chi connectivity index (χ1n) is 7.60. The number of piperidine rings is 1. The smallest absolute Gasteiger partial charge is 0.135 e. The van der Waals surface area contributed by atoms with Crippen molar-refractivity contribution in [1.82, 2.24) is 14.9 Å². The average Bonchev–Trinajstić information content (AvgIpc) is 2.51. The predicted molar refractivity (Wildman–Crippen MR) is 85.6 cm³/mol. The van der Waals surface area contributed by atoms with Crippen molar-refractivity contribution >= 4 is 17.6 Å². The van der Waals surface area contributed by atoms with Crippen molar-refractivity contribution in [1.29, 1.82) is 0 Å². The Bertz CT molecular complexity index is 451. The molecular formula is C15H24N4S. The number of aromatic nitrogens is 2. The first-order chi connectivity index (χ1) is 9.75. The van der Waals surface area contributed by atoms with Crippen molar-refractivity contribution < 1.29 is 0 Å². The molecule has 0 saturated carbocycles. The van der Waals surface area contributed by atoms with E-state index in [1.165, 1.54) is 43.0 Å². The van der Waals surface area contributed by atoms with Crippen LogP contribution in [-0.2, 0) is 0 Å². The maximum absolute atomic E-state index is 4.50. The van der Waals surface area contributed by atoms with Gasteiger partial charge in [-0.3, -0.25) is 4.90 Å². The molecule has 2 aliphatic rings. The highest BCUT2D eigenvalue weighted by molar-refractivity contribution is 7.99. The Morgan fingerprint density at radius 1 is 1.05 bits per heavy atom. The van der Waals surface area contributed by atoms with Gasteiger partial charge in [0.1, 0.15) is 12.1 Å². The maximum Gasteiger partial charge on any atom is 0.135 e. The second-order valence-corrected chi connectivity index (χ2v) is 7.00. The van der Waals surface area contributed by atoms with E-state index in [2.05, 4.69) is 45.4 Å². The molecule has 0 atom stereocenters. The fourth-order valence-corrected chi connectivity index (χ4v) is 4.16. The Balaban J connectivity index is 1.62. The average molecular weight is 292 g/mol. The fourth-order valence-electron chi connectivity index (χ4n) is 3.23. The maximum atomic E-state index is 4.50. The van der Waals surface area contributed by atoms with E-state index in [9.17, 15) is 0 Å². The van der Waals surface area contributed by atoms with Gasteiger partial charge in [-0.1, -0.05) is 0 Å². The lowest BCUT2D eigenvalue weighted by Crippen LogP contribution is -2.48. The van der Waals surface area contributed by atoms with Gasteiger partial charge in [-0.15, -0.1) is 0 Å². The standard InChI is InChI=1S/C15H24N4S/c1-12-13(2)16-11-17-15(12)19-5-3-14(4-6-19)18-7-9-20-10-8-18/h11,14H,3-10H2,1-2H3. The molecule has 0 unspecified atom stereocenters. The molecule has 3 heterocycles. The lowest BCUT2D eigenvalue weighted by Gasteiger charge is -2.40. The number of rotatable bonds is 2. The Kier molecular flexibility index (Phi) is 4.46. The minimum atomic E-state index is 0.787. The van der Waals surface area contributed by atoms with Crippen LogP contribution in [0.2, 0.25) is 0 Å². The van der Waals surface area contributed by atoms with Crippen molar-refractivity contribution in [2.75, 3.05) is 42.6 Å². The predicted octanol–water partition coefficient (Wildman–Crippen LogP) is 2.11.